The van der Waals surface area contributed by atoms with E-state index in [4.69, 9.17) is 9.47 Å². The van der Waals surface area contributed by atoms with E-state index in [-0.39, 0.29) is 12.6 Å². The summed E-state index contributed by atoms with van der Waals surface area (Å²) in [6, 6.07) is 5.40. The van der Waals surface area contributed by atoms with Crippen LogP contribution in [-0.2, 0) is 0 Å². The third kappa shape index (κ3) is 3.51. The van der Waals surface area contributed by atoms with Gasteiger partial charge in [0.2, 0.25) is 6.79 Å². The van der Waals surface area contributed by atoms with E-state index in [1.165, 1.54) is 0 Å². The summed E-state index contributed by atoms with van der Waals surface area (Å²) in [5.74, 6) is 2.13. The van der Waals surface area contributed by atoms with E-state index < -0.39 is 0 Å². The molecule has 0 bridgehead atoms. The van der Waals surface area contributed by atoms with Gasteiger partial charge in [0.05, 0.1) is 6.54 Å². The van der Waals surface area contributed by atoms with Crippen LogP contribution in [0, 0.1) is 5.92 Å². The van der Waals surface area contributed by atoms with Crippen LogP contribution >= 0.6 is 0 Å². The first-order valence-corrected chi connectivity index (χ1v) is 7.29. The molecular weight excluding hydrogens is 254 g/mol. The van der Waals surface area contributed by atoms with E-state index in [0.717, 1.165) is 19.5 Å². The van der Waals surface area contributed by atoms with Crippen LogP contribution in [0.5, 0.6) is 11.5 Å². The summed E-state index contributed by atoms with van der Waals surface area (Å²) in [5, 5.41) is 0. The molecule has 0 saturated heterocycles. The lowest BCUT2D eigenvalue weighted by molar-refractivity contribution is 0.0923. The molecule has 2 rings (SSSR count). The highest BCUT2D eigenvalue weighted by molar-refractivity contribution is 5.98. The van der Waals surface area contributed by atoms with Crippen molar-refractivity contribution >= 4 is 5.78 Å². The predicted octanol–water partition coefficient (Wildman–Crippen LogP) is 2.97. The van der Waals surface area contributed by atoms with Crippen LogP contribution in [0.15, 0.2) is 18.2 Å². The van der Waals surface area contributed by atoms with Crippen LogP contribution in [0.25, 0.3) is 0 Å². The van der Waals surface area contributed by atoms with Crippen LogP contribution in [0.3, 0.4) is 0 Å². The average Bonchev–Trinajstić information content (AvgIpc) is 2.93. The molecule has 1 aliphatic rings. The van der Waals surface area contributed by atoms with E-state index in [9.17, 15) is 4.79 Å². The number of carbonyl (C=O) groups is 1. The lowest BCUT2D eigenvalue weighted by Gasteiger charge is -2.22. The van der Waals surface area contributed by atoms with Crippen LogP contribution in [-0.4, -0.2) is 37.1 Å². The largest absolute Gasteiger partial charge is 0.454 e. The molecule has 0 aliphatic carbocycles. The quantitative estimate of drug-likeness (QED) is 0.718. The summed E-state index contributed by atoms with van der Waals surface area (Å²) >= 11 is 0. The minimum Gasteiger partial charge on any atom is -0.454 e. The molecule has 0 spiro atoms. The molecule has 0 fully saturated rings. The number of likely N-dealkylation sites (N-methyl/N-ethyl adjacent to an activating group) is 1. The molecule has 4 heteroatoms. The van der Waals surface area contributed by atoms with Gasteiger partial charge in [-0.1, -0.05) is 27.2 Å². The molecule has 1 unspecified atom stereocenters. The Morgan fingerprint density at radius 2 is 2.05 bits per heavy atom. The second kappa shape index (κ2) is 6.75. The van der Waals surface area contributed by atoms with Gasteiger partial charge < -0.3 is 9.47 Å². The molecule has 0 saturated carbocycles. The van der Waals surface area contributed by atoms with Gasteiger partial charge in [-0.2, -0.15) is 0 Å². The second-order valence-corrected chi connectivity index (χ2v) is 5.33. The molecule has 1 aromatic carbocycles. The Kier molecular flexibility index (Phi) is 5.01. The van der Waals surface area contributed by atoms with E-state index in [0.29, 0.717) is 29.5 Å². The van der Waals surface area contributed by atoms with Crippen molar-refractivity contribution in [2.75, 3.05) is 26.4 Å². The Labute approximate surface area is 120 Å². The smallest absolute Gasteiger partial charge is 0.231 e. The van der Waals surface area contributed by atoms with Crippen molar-refractivity contribution in [3.63, 3.8) is 0 Å². The molecule has 0 N–H and O–H groups in total. The normalized spacial score (nSPS) is 14.6. The fourth-order valence-electron chi connectivity index (χ4n) is 2.24. The molecule has 1 aliphatic heterocycles. The van der Waals surface area contributed by atoms with Gasteiger partial charge in [-0.25, -0.2) is 0 Å². The highest BCUT2D eigenvalue weighted by atomic mass is 16.7. The first kappa shape index (κ1) is 14.9. The summed E-state index contributed by atoms with van der Waals surface area (Å²) in [4.78, 5) is 14.5. The maximum atomic E-state index is 12.3. The average molecular weight is 277 g/mol. The maximum absolute atomic E-state index is 12.3. The van der Waals surface area contributed by atoms with Crippen molar-refractivity contribution < 1.29 is 14.3 Å². The number of ether oxygens (including phenoxy) is 2. The molecule has 0 amide bonds. The Balaban J connectivity index is 2.00. The number of nitrogens with zero attached hydrogens (tertiary/aromatic N) is 1. The Morgan fingerprint density at radius 3 is 2.75 bits per heavy atom. The zero-order valence-electron chi connectivity index (χ0n) is 12.5. The van der Waals surface area contributed by atoms with Gasteiger partial charge in [-0.15, -0.1) is 0 Å². The number of rotatable bonds is 7. The lowest BCUT2D eigenvalue weighted by Crippen LogP contribution is -2.33. The first-order chi connectivity index (χ1) is 9.63. The standard InChI is InChI=1S/C16H23NO3/c1-4-12(3)9-17(5-2)10-14(18)13-6-7-15-16(8-13)20-11-19-15/h6-8,12H,4-5,9-11H2,1-3H3. The summed E-state index contributed by atoms with van der Waals surface area (Å²) in [6.07, 6.45) is 1.13. The third-order valence-electron chi connectivity index (χ3n) is 3.78. The van der Waals surface area contributed by atoms with E-state index in [1.807, 2.05) is 6.07 Å². The topological polar surface area (TPSA) is 38.8 Å². The van der Waals surface area contributed by atoms with Crippen LogP contribution < -0.4 is 9.47 Å². The third-order valence-corrected chi connectivity index (χ3v) is 3.78. The molecule has 1 atom stereocenters. The highest BCUT2D eigenvalue weighted by Crippen LogP contribution is 2.32. The number of benzene rings is 1. The fraction of sp³-hybridized carbons (Fsp3) is 0.562. The van der Waals surface area contributed by atoms with E-state index in [1.54, 1.807) is 12.1 Å². The Bertz CT molecular complexity index is 473. The van der Waals surface area contributed by atoms with Crippen molar-refractivity contribution in [1.82, 2.24) is 4.90 Å². The van der Waals surface area contributed by atoms with Crippen LogP contribution in [0.1, 0.15) is 37.6 Å². The van der Waals surface area contributed by atoms with Crippen molar-refractivity contribution in [3.05, 3.63) is 23.8 Å². The number of ketones is 1. The number of hydrogen-bond acceptors (Lipinski definition) is 4. The van der Waals surface area contributed by atoms with E-state index in [2.05, 4.69) is 25.7 Å². The maximum Gasteiger partial charge on any atom is 0.231 e. The summed E-state index contributed by atoms with van der Waals surface area (Å²) in [5.41, 5.74) is 0.692. The number of hydrogen-bond donors (Lipinski definition) is 0. The zero-order chi connectivity index (χ0) is 14.5. The monoisotopic (exact) mass is 277 g/mol. The summed E-state index contributed by atoms with van der Waals surface area (Å²) < 4.78 is 10.6. The van der Waals surface area contributed by atoms with Crippen molar-refractivity contribution in [1.29, 1.82) is 0 Å². The van der Waals surface area contributed by atoms with Crippen molar-refractivity contribution in [3.8, 4) is 11.5 Å². The molecule has 1 heterocycles. The van der Waals surface area contributed by atoms with Gasteiger partial charge in [0.25, 0.3) is 0 Å². The van der Waals surface area contributed by atoms with Crippen LogP contribution in [0.2, 0.25) is 0 Å². The van der Waals surface area contributed by atoms with E-state index >= 15 is 0 Å². The number of Topliss-reactive ketones (excluding diaryl/α,β-unsaturated/α-hetero) is 1. The Morgan fingerprint density at radius 1 is 1.30 bits per heavy atom. The molecule has 1 aromatic rings. The van der Waals surface area contributed by atoms with Gasteiger partial charge in [0.15, 0.2) is 17.3 Å². The molecule has 0 aromatic heterocycles. The van der Waals surface area contributed by atoms with Gasteiger partial charge in [-0.3, -0.25) is 9.69 Å². The van der Waals surface area contributed by atoms with Gasteiger partial charge in [0, 0.05) is 12.1 Å². The minimum absolute atomic E-state index is 0.133. The van der Waals surface area contributed by atoms with Crippen molar-refractivity contribution in [2.45, 2.75) is 27.2 Å². The second-order valence-electron chi connectivity index (χ2n) is 5.33. The summed E-state index contributed by atoms with van der Waals surface area (Å²) in [7, 11) is 0. The molecule has 110 valence electrons. The van der Waals surface area contributed by atoms with Crippen LogP contribution in [0.4, 0.5) is 0 Å². The van der Waals surface area contributed by atoms with Gasteiger partial charge >= 0.3 is 0 Å². The fourth-order valence-corrected chi connectivity index (χ4v) is 2.24. The Hall–Kier alpha value is -1.55. The predicted molar refractivity (Wildman–Crippen MR) is 78.5 cm³/mol. The molecular formula is C16H23NO3. The van der Waals surface area contributed by atoms with Crippen molar-refractivity contribution in [2.24, 2.45) is 5.92 Å². The molecule has 20 heavy (non-hydrogen) atoms. The minimum atomic E-state index is 0.133. The number of carbonyl (C=O) groups excluding carboxylic acids is 1. The van der Waals surface area contributed by atoms with Gasteiger partial charge in [0.1, 0.15) is 0 Å². The number of fused-ring (bicyclic) bond motifs is 1. The lowest BCUT2D eigenvalue weighted by atomic mass is 10.1. The molecule has 0 radical (unpaired) electrons. The highest BCUT2D eigenvalue weighted by Gasteiger charge is 2.18. The SMILES string of the molecule is CCC(C)CN(CC)CC(=O)c1ccc2c(c1)OCO2. The zero-order valence-corrected chi connectivity index (χ0v) is 12.5. The van der Waals surface area contributed by atoms with Gasteiger partial charge in [-0.05, 0) is 30.7 Å². The summed E-state index contributed by atoms with van der Waals surface area (Å²) in [6.45, 7) is 9.04. The molecule has 4 nitrogen and oxygen atoms in total. The first-order valence-electron chi connectivity index (χ1n) is 7.29.